The molecule has 0 atom stereocenters. The molecule has 25 heavy (non-hydrogen) atoms. The zero-order valence-corrected chi connectivity index (χ0v) is 14.4. The summed E-state index contributed by atoms with van der Waals surface area (Å²) < 4.78 is 18.4. The van der Waals surface area contributed by atoms with E-state index in [1.54, 1.807) is 37.4 Å². The topological polar surface area (TPSA) is 59.1 Å². The fraction of sp³-hybridized carbons (Fsp3) is 0.111. The summed E-state index contributed by atoms with van der Waals surface area (Å²) in [7, 11) is 1.56. The van der Waals surface area contributed by atoms with Crippen LogP contribution < -0.4 is 15.4 Å². The zero-order chi connectivity index (χ0) is 17.8. The van der Waals surface area contributed by atoms with Gasteiger partial charge >= 0.3 is 0 Å². The van der Waals surface area contributed by atoms with Crippen LogP contribution in [0, 0.1) is 12.7 Å². The average molecular weight is 359 g/mol. The SMILES string of the molecule is COc1ccc(Nc2nc(C)cc(Nc3cccc(F)c3)n2)cc1Cl. The first-order valence-corrected chi connectivity index (χ1v) is 7.90. The Hall–Kier alpha value is -2.86. The number of halogens is 2. The van der Waals surface area contributed by atoms with Gasteiger partial charge in [0.2, 0.25) is 5.95 Å². The predicted molar refractivity (Wildman–Crippen MR) is 97.7 cm³/mol. The van der Waals surface area contributed by atoms with Crippen LogP contribution in [0.1, 0.15) is 5.69 Å². The lowest BCUT2D eigenvalue weighted by atomic mass is 10.3. The molecule has 2 N–H and O–H groups in total. The van der Waals surface area contributed by atoms with E-state index in [9.17, 15) is 4.39 Å². The third-order valence-electron chi connectivity index (χ3n) is 3.36. The molecular weight excluding hydrogens is 343 g/mol. The van der Waals surface area contributed by atoms with Gasteiger partial charge in [-0.1, -0.05) is 17.7 Å². The summed E-state index contributed by atoms with van der Waals surface area (Å²) in [6.45, 7) is 1.85. The smallest absolute Gasteiger partial charge is 0.229 e. The number of methoxy groups -OCH3 is 1. The van der Waals surface area contributed by atoms with E-state index in [1.807, 2.05) is 13.0 Å². The fourth-order valence-corrected chi connectivity index (χ4v) is 2.53. The number of hydrogen-bond acceptors (Lipinski definition) is 5. The van der Waals surface area contributed by atoms with Crippen molar-refractivity contribution in [2.45, 2.75) is 6.92 Å². The molecule has 7 heteroatoms. The molecule has 0 bridgehead atoms. The molecule has 3 rings (SSSR count). The van der Waals surface area contributed by atoms with Crippen molar-refractivity contribution in [1.82, 2.24) is 9.97 Å². The molecule has 0 saturated carbocycles. The number of nitrogens with one attached hydrogen (secondary N) is 2. The number of hydrogen-bond donors (Lipinski definition) is 2. The van der Waals surface area contributed by atoms with Crippen LogP contribution in [0.3, 0.4) is 0 Å². The number of rotatable bonds is 5. The first kappa shape index (κ1) is 17.0. The van der Waals surface area contributed by atoms with Crippen molar-refractivity contribution < 1.29 is 9.13 Å². The molecule has 0 aliphatic heterocycles. The quantitative estimate of drug-likeness (QED) is 0.666. The van der Waals surface area contributed by atoms with Gasteiger partial charge in [0.1, 0.15) is 17.4 Å². The maximum atomic E-state index is 13.3. The molecule has 5 nitrogen and oxygen atoms in total. The van der Waals surface area contributed by atoms with Gasteiger partial charge in [0, 0.05) is 23.1 Å². The van der Waals surface area contributed by atoms with Gasteiger partial charge in [-0.05, 0) is 43.3 Å². The Balaban J connectivity index is 1.83. The summed E-state index contributed by atoms with van der Waals surface area (Å²) >= 11 is 6.13. The fourth-order valence-electron chi connectivity index (χ4n) is 2.28. The zero-order valence-electron chi connectivity index (χ0n) is 13.7. The van der Waals surface area contributed by atoms with Gasteiger partial charge in [0.05, 0.1) is 12.1 Å². The van der Waals surface area contributed by atoms with E-state index in [4.69, 9.17) is 16.3 Å². The number of aromatic nitrogens is 2. The minimum Gasteiger partial charge on any atom is -0.495 e. The molecule has 0 aliphatic rings. The van der Waals surface area contributed by atoms with Crippen molar-refractivity contribution in [2.24, 2.45) is 0 Å². The predicted octanol–water partition coefficient (Wildman–Crippen LogP) is 5.07. The van der Waals surface area contributed by atoms with Gasteiger partial charge in [-0.2, -0.15) is 4.98 Å². The molecule has 0 radical (unpaired) electrons. The maximum absolute atomic E-state index is 13.3. The molecule has 0 spiro atoms. The van der Waals surface area contributed by atoms with Crippen LogP contribution >= 0.6 is 11.6 Å². The monoisotopic (exact) mass is 358 g/mol. The summed E-state index contributed by atoms with van der Waals surface area (Å²) in [5, 5.41) is 6.65. The second-order valence-corrected chi connectivity index (χ2v) is 5.74. The summed E-state index contributed by atoms with van der Waals surface area (Å²) in [4.78, 5) is 8.75. The van der Waals surface area contributed by atoms with Crippen LogP contribution in [0.2, 0.25) is 5.02 Å². The molecule has 0 saturated heterocycles. The van der Waals surface area contributed by atoms with Gasteiger partial charge in [-0.25, -0.2) is 9.37 Å². The van der Waals surface area contributed by atoms with E-state index in [2.05, 4.69) is 20.6 Å². The van der Waals surface area contributed by atoms with Gasteiger partial charge in [-0.3, -0.25) is 0 Å². The number of nitrogens with zero attached hydrogens (tertiary/aromatic N) is 2. The Morgan fingerprint density at radius 1 is 1.00 bits per heavy atom. The summed E-state index contributed by atoms with van der Waals surface area (Å²) in [6.07, 6.45) is 0. The summed E-state index contributed by atoms with van der Waals surface area (Å²) in [5.41, 5.74) is 2.10. The van der Waals surface area contributed by atoms with Crippen LogP contribution in [0.15, 0.2) is 48.5 Å². The molecule has 0 unspecified atom stereocenters. The highest BCUT2D eigenvalue weighted by molar-refractivity contribution is 6.32. The molecule has 1 aromatic heterocycles. The summed E-state index contributed by atoms with van der Waals surface area (Å²) in [6, 6.07) is 13.2. The van der Waals surface area contributed by atoms with E-state index in [1.165, 1.54) is 12.1 Å². The lowest BCUT2D eigenvalue weighted by molar-refractivity contribution is 0.415. The number of aryl methyl sites for hydroxylation is 1. The van der Waals surface area contributed by atoms with Crippen molar-refractivity contribution in [3.63, 3.8) is 0 Å². The Morgan fingerprint density at radius 3 is 2.52 bits per heavy atom. The van der Waals surface area contributed by atoms with Gasteiger partial charge in [0.25, 0.3) is 0 Å². The van der Waals surface area contributed by atoms with E-state index >= 15 is 0 Å². The molecule has 0 amide bonds. The molecule has 0 aliphatic carbocycles. The lowest BCUT2D eigenvalue weighted by Gasteiger charge is -2.11. The van der Waals surface area contributed by atoms with E-state index in [0.717, 1.165) is 11.4 Å². The first-order chi connectivity index (χ1) is 12.0. The summed E-state index contributed by atoms with van der Waals surface area (Å²) in [5.74, 6) is 1.23. The van der Waals surface area contributed by atoms with Crippen LogP contribution in [0.5, 0.6) is 5.75 Å². The highest BCUT2D eigenvalue weighted by Crippen LogP contribution is 2.28. The molecule has 2 aromatic carbocycles. The van der Waals surface area contributed by atoms with E-state index in [0.29, 0.717) is 28.2 Å². The Bertz CT molecular complexity index is 904. The third kappa shape index (κ3) is 4.36. The Labute approximate surface area is 149 Å². The van der Waals surface area contributed by atoms with Gasteiger partial charge in [-0.15, -0.1) is 0 Å². The standard InChI is InChI=1S/C18H16ClFN4O/c1-11-8-17(22-13-5-3-4-12(20)9-13)24-18(21-11)23-14-6-7-16(25-2)15(19)10-14/h3-10H,1-2H3,(H2,21,22,23,24). The van der Waals surface area contributed by atoms with E-state index in [-0.39, 0.29) is 5.82 Å². The lowest BCUT2D eigenvalue weighted by Crippen LogP contribution is -2.02. The van der Waals surface area contributed by atoms with Crippen molar-refractivity contribution >= 4 is 34.7 Å². The van der Waals surface area contributed by atoms with Crippen LogP contribution in [-0.2, 0) is 0 Å². The Kier molecular flexibility index (Phi) is 5.00. The minimum absolute atomic E-state index is 0.318. The van der Waals surface area contributed by atoms with Crippen LogP contribution in [-0.4, -0.2) is 17.1 Å². The van der Waals surface area contributed by atoms with Crippen LogP contribution in [0.25, 0.3) is 0 Å². The third-order valence-corrected chi connectivity index (χ3v) is 3.65. The number of ether oxygens (including phenoxy) is 1. The maximum Gasteiger partial charge on any atom is 0.229 e. The van der Waals surface area contributed by atoms with Crippen molar-refractivity contribution in [3.8, 4) is 5.75 Å². The van der Waals surface area contributed by atoms with Crippen molar-refractivity contribution in [3.05, 3.63) is 65.1 Å². The second-order valence-electron chi connectivity index (χ2n) is 5.33. The normalized spacial score (nSPS) is 10.4. The minimum atomic E-state index is -0.318. The molecule has 128 valence electrons. The first-order valence-electron chi connectivity index (χ1n) is 7.52. The number of benzene rings is 2. The van der Waals surface area contributed by atoms with Crippen LogP contribution in [0.4, 0.5) is 27.5 Å². The molecule has 3 aromatic rings. The molecule has 1 heterocycles. The van der Waals surface area contributed by atoms with Crippen molar-refractivity contribution in [1.29, 1.82) is 0 Å². The van der Waals surface area contributed by atoms with Gasteiger partial charge < -0.3 is 15.4 Å². The Morgan fingerprint density at radius 2 is 1.80 bits per heavy atom. The molecular formula is C18H16ClFN4O. The average Bonchev–Trinajstić information content (AvgIpc) is 2.54. The van der Waals surface area contributed by atoms with E-state index < -0.39 is 0 Å². The highest BCUT2D eigenvalue weighted by atomic mass is 35.5. The van der Waals surface area contributed by atoms with Crippen molar-refractivity contribution in [2.75, 3.05) is 17.7 Å². The number of anilines is 4. The highest BCUT2D eigenvalue weighted by Gasteiger charge is 2.06. The molecule has 0 fully saturated rings. The van der Waals surface area contributed by atoms with Gasteiger partial charge in [0.15, 0.2) is 0 Å². The largest absolute Gasteiger partial charge is 0.495 e. The second kappa shape index (κ2) is 7.36.